The molecular weight excluding hydrogens is 183 g/mol. The van der Waals surface area contributed by atoms with Crippen molar-refractivity contribution in [2.75, 3.05) is 19.7 Å². The van der Waals surface area contributed by atoms with Crippen LogP contribution >= 0.6 is 8.18 Å². The molecule has 1 amide bonds. The van der Waals surface area contributed by atoms with Gasteiger partial charge in [0.15, 0.2) is 0 Å². The topological polar surface area (TPSA) is 78.9 Å². The minimum absolute atomic E-state index is 0.0916. The molecular formula is C5H10N2O4P+. The van der Waals surface area contributed by atoms with Crippen LogP contribution < -0.4 is 5.48 Å². The van der Waals surface area contributed by atoms with Crippen molar-refractivity contribution in [2.24, 2.45) is 0 Å². The van der Waals surface area contributed by atoms with Crippen molar-refractivity contribution in [3.8, 4) is 0 Å². The molecule has 0 spiro atoms. The fourth-order valence-corrected chi connectivity index (χ4v) is 1.89. The predicted octanol–water partition coefficient (Wildman–Crippen LogP) is -0.128. The highest BCUT2D eigenvalue weighted by molar-refractivity contribution is 7.36. The number of hydrogen-bond acceptors (Lipinski definition) is 4. The summed E-state index contributed by atoms with van der Waals surface area (Å²) < 4.78 is 17.2. The molecule has 6 nitrogen and oxygen atoms in total. The second-order valence-corrected chi connectivity index (χ2v) is 3.65. The van der Waals surface area contributed by atoms with E-state index in [-0.39, 0.29) is 6.54 Å². The van der Waals surface area contributed by atoms with Gasteiger partial charge < -0.3 is 0 Å². The molecule has 1 heterocycles. The highest BCUT2D eigenvalue weighted by Gasteiger charge is 2.35. The lowest BCUT2D eigenvalue weighted by molar-refractivity contribution is -0.129. The van der Waals surface area contributed by atoms with Gasteiger partial charge in [0.05, 0.1) is 0 Å². The second-order valence-electron chi connectivity index (χ2n) is 2.35. The molecule has 1 aliphatic heterocycles. The van der Waals surface area contributed by atoms with Gasteiger partial charge in [0.1, 0.15) is 13.2 Å². The Morgan fingerprint density at radius 1 is 1.75 bits per heavy atom. The summed E-state index contributed by atoms with van der Waals surface area (Å²) in [6.45, 7) is 0.931. The number of amides is 1. The summed E-state index contributed by atoms with van der Waals surface area (Å²) in [6.07, 6.45) is 0.750. The van der Waals surface area contributed by atoms with Crippen molar-refractivity contribution in [1.29, 1.82) is 0 Å². The molecule has 0 aromatic heterocycles. The number of hydrogen-bond donors (Lipinski definition) is 2. The summed E-state index contributed by atoms with van der Waals surface area (Å²) >= 11 is 0. The summed E-state index contributed by atoms with van der Waals surface area (Å²) in [5.74, 6) is -0.580. The molecule has 7 heteroatoms. The van der Waals surface area contributed by atoms with Gasteiger partial charge in [-0.2, -0.15) is 0 Å². The van der Waals surface area contributed by atoms with Crippen LogP contribution in [0.1, 0.15) is 6.42 Å². The summed E-state index contributed by atoms with van der Waals surface area (Å²) in [5, 5.41) is 8.19. The molecule has 0 radical (unpaired) electrons. The lowest BCUT2D eigenvalue weighted by Crippen LogP contribution is -2.34. The van der Waals surface area contributed by atoms with Crippen molar-refractivity contribution in [3.63, 3.8) is 0 Å². The van der Waals surface area contributed by atoms with E-state index in [2.05, 4.69) is 0 Å². The molecule has 0 aromatic rings. The van der Waals surface area contributed by atoms with Crippen molar-refractivity contribution in [1.82, 2.24) is 10.2 Å². The Morgan fingerprint density at radius 2 is 2.50 bits per heavy atom. The summed E-state index contributed by atoms with van der Waals surface area (Å²) in [4.78, 5) is 10.6. The van der Waals surface area contributed by atoms with Gasteiger partial charge in [-0.15, -0.1) is 4.52 Å². The molecule has 0 aromatic carbocycles. The molecule has 2 N–H and O–H groups in total. The zero-order valence-electron chi connectivity index (χ0n) is 6.39. The molecule has 1 saturated heterocycles. The van der Waals surface area contributed by atoms with Gasteiger partial charge in [-0.3, -0.25) is 10.0 Å². The maximum atomic E-state index is 11.0. The van der Waals surface area contributed by atoms with Crippen LogP contribution in [0, 0.1) is 0 Å². The Hall–Kier alpha value is -0.550. The van der Waals surface area contributed by atoms with Gasteiger partial charge >= 0.3 is 8.18 Å². The quantitative estimate of drug-likeness (QED) is 0.363. The zero-order valence-corrected chi connectivity index (χ0v) is 7.29. The molecule has 1 atom stereocenters. The van der Waals surface area contributed by atoms with E-state index in [1.807, 2.05) is 0 Å². The van der Waals surface area contributed by atoms with Crippen molar-refractivity contribution in [3.05, 3.63) is 0 Å². The van der Waals surface area contributed by atoms with Crippen LogP contribution in [-0.4, -0.2) is 35.5 Å². The molecule has 1 unspecified atom stereocenters. The van der Waals surface area contributed by atoms with Gasteiger partial charge in [-0.1, -0.05) is 4.67 Å². The van der Waals surface area contributed by atoms with Crippen LogP contribution in [-0.2, 0) is 13.9 Å². The minimum Gasteiger partial charge on any atom is -0.289 e. The lowest BCUT2D eigenvalue weighted by atomic mass is 10.4. The first kappa shape index (κ1) is 9.54. The number of nitrogens with one attached hydrogen (secondary N) is 1. The number of carbonyl (C=O) groups is 1. The Balaban J connectivity index is 2.39. The SMILES string of the molecule is O=C(CN1CCCO[P+]1=O)NO. The number of carbonyl (C=O) groups excluding carboxylic acids is 1. The highest BCUT2D eigenvalue weighted by atomic mass is 31.1. The first-order valence-corrected chi connectivity index (χ1v) is 4.65. The van der Waals surface area contributed by atoms with E-state index >= 15 is 0 Å². The Bertz CT molecular complexity index is 198. The lowest BCUT2D eigenvalue weighted by Gasteiger charge is -2.11. The van der Waals surface area contributed by atoms with E-state index in [0.717, 1.165) is 6.42 Å². The summed E-state index contributed by atoms with van der Waals surface area (Å²) in [5.41, 5.74) is 1.47. The summed E-state index contributed by atoms with van der Waals surface area (Å²) in [7, 11) is -1.88. The van der Waals surface area contributed by atoms with Crippen LogP contribution in [0.25, 0.3) is 0 Å². The van der Waals surface area contributed by atoms with E-state index in [0.29, 0.717) is 13.2 Å². The maximum absolute atomic E-state index is 11.0. The van der Waals surface area contributed by atoms with Crippen LogP contribution in [0.3, 0.4) is 0 Å². The van der Waals surface area contributed by atoms with E-state index < -0.39 is 14.1 Å². The van der Waals surface area contributed by atoms with E-state index in [4.69, 9.17) is 9.73 Å². The number of hydroxylamine groups is 1. The molecule has 0 bridgehead atoms. The summed E-state index contributed by atoms with van der Waals surface area (Å²) in [6, 6.07) is 0. The van der Waals surface area contributed by atoms with Gasteiger partial charge in [0.25, 0.3) is 5.91 Å². The van der Waals surface area contributed by atoms with E-state index in [1.165, 1.54) is 10.2 Å². The third-order valence-corrected chi connectivity index (χ3v) is 2.65. The van der Waals surface area contributed by atoms with Crippen molar-refractivity contribution < 1.29 is 19.1 Å². The van der Waals surface area contributed by atoms with E-state index in [9.17, 15) is 9.36 Å². The number of nitrogens with zero attached hydrogens (tertiary/aromatic N) is 1. The fourth-order valence-electron chi connectivity index (χ4n) is 0.891. The van der Waals surface area contributed by atoms with E-state index in [1.54, 1.807) is 0 Å². The third kappa shape index (κ3) is 2.49. The first-order chi connectivity index (χ1) is 5.74. The standard InChI is InChI=1S/C5H9N2O4P/c8-5(6-9)4-7-2-1-3-11-12(7)10/h1-4H2,(H-,6,8,9)/p+1. The third-order valence-electron chi connectivity index (χ3n) is 1.44. The number of rotatable bonds is 2. The zero-order chi connectivity index (χ0) is 8.97. The fraction of sp³-hybridized carbons (Fsp3) is 0.800. The molecule has 12 heavy (non-hydrogen) atoms. The van der Waals surface area contributed by atoms with Gasteiger partial charge in [-0.25, -0.2) is 5.48 Å². The first-order valence-electron chi connectivity index (χ1n) is 3.52. The molecule has 0 aliphatic carbocycles. The van der Waals surface area contributed by atoms with Gasteiger partial charge in [0.2, 0.25) is 0 Å². The predicted molar refractivity (Wildman–Crippen MR) is 39.7 cm³/mol. The molecule has 1 aliphatic rings. The second kappa shape index (κ2) is 4.47. The molecule has 1 fully saturated rings. The molecule has 68 valence electrons. The van der Waals surface area contributed by atoms with Crippen molar-refractivity contribution in [2.45, 2.75) is 6.42 Å². The normalized spacial score (nSPS) is 22.2. The smallest absolute Gasteiger partial charge is 0.289 e. The van der Waals surface area contributed by atoms with Crippen LogP contribution in [0.5, 0.6) is 0 Å². The minimum atomic E-state index is -1.88. The van der Waals surface area contributed by atoms with Gasteiger partial charge in [0, 0.05) is 6.54 Å². The van der Waals surface area contributed by atoms with Crippen LogP contribution in [0.4, 0.5) is 0 Å². The monoisotopic (exact) mass is 193 g/mol. The van der Waals surface area contributed by atoms with Gasteiger partial charge in [-0.05, 0) is 11.0 Å². The molecule has 1 rings (SSSR count). The van der Waals surface area contributed by atoms with Crippen molar-refractivity contribution >= 4 is 14.1 Å². The Kier molecular flexibility index (Phi) is 3.55. The van der Waals surface area contributed by atoms with Crippen LogP contribution in [0.2, 0.25) is 0 Å². The average Bonchev–Trinajstić information content (AvgIpc) is 2.09. The highest BCUT2D eigenvalue weighted by Crippen LogP contribution is 2.31. The average molecular weight is 193 g/mol. The Morgan fingerprint density at radius 3 is 3.08 bits per heavy atom. The molecule has 0 saturated carbocycles. The Labute approximate surface area is 70.4 Å². The largest absolute Gasteiger partial charge is 0.616 e. The maximum Gasteiger partial charge on any atom is 0.616 e. The van der Waals surface area contributed by atoms with Crippen LogP contribution in [0.15, 0.2) is 0 Å².